The van der Waals surface area contributed by atoms with Gasteiger partial charge < -0.3 is 15.0 Å². The summed E-state index contributed by atoms with van der Waals surface area (Å²) in [7, 11) is 0. The Morgan fingerprint density at radius 3 is 2.61 bits per heavy atom. The molecule has 4 unspecified atom stereocenters. The van der Waals surface area contributed by atoms with Gasteiger partial charge in [-0.05, 0) is 75.1 Å². The molecule has 0 spiro atoms. The number of hydrogen-bond acceptors (Lipinski definition) is 6. The van der Waals surface area contributed by atoms with Gasteiger partial charge in [0, 0.05) is 23.2 Å². The summed E-state index contributed by atoms with van der Waals surface area (Å²) in [5.74, 6) is -0.312. The van der Waals surface area contributed by atoms with Crippen LogP contribution < -0.4 is 10.9 Å². The zero-order chi connectivity index (χ0) is 27.2. The summed E-state index contributed by atoms with van der Waals surface area (Å²) in [5, 5.41) is 23.8. The maximum Gasteiger partial charge on any atom is 0.411 e. The van der Waals surface area contributed by atoms with Gasteiger partial charge in [0.2, 0.25) is 5.91 Å². The van der Waals surface area contributed by atoms with Crippen LogP contribution >= 0.6 is 0 Å². The quantitative estimate of drug-likeness (QED) is 0.510. The molecule has 9 nitrogen and oxygen atoms in total. The van der Waals surface area contributed by atoms with Crippen molar-refractivity contribution in [2.24, 2.45) is 5.92 Å². The molecule has 3 aromatic rings. The third kappa shape index (κ3) is 4.68. The van der Waals surface area contributed by atoms with E-state index in [-0.39, 0.29) is 29.8 Å². The molecule has 2 aliphatic rings. The largest absolute Gasteiger partial charge is 0.444 e. The molecule has 2 N–H and O–H groups in total. The lowest BCUT2D eigenvalue weighted by atomic mass is 9.97. The predicted octanol–water partition coefficient (Wildman–Crippen LogP) is 3.89. The van der Waals surface area contributed by atoms with E-state index in [0.717, 1.165) is 35.6 Å². The highest BCUT2D eigenvalue weighted by Gasteiger charge is 2.52. The van der Waals surface area contributed by atoms with Crippen LogP contribution in [0.5, 0.6) is 0 Å². The van der Waals surface area contributed by atoms with Crippen LogP contribution in [0.2, 0.25) is 0 Å². The Morgan fingerprint density at radius 2 is 1.89 bits per heavy atom. The Hall–Kier alpha value is -4.37. The number of amides is 2. The van der Waals surface area contributed by atoms with E-state index in [9.17, 15) is 19.6 Å². The summed E-state index contributed by atoms with van der Waals surface area (Å²) in [5.41, 5.74) is 0.790. The molecule has 2 heterocycles. The zero-order valence-electron chi connectivity index (χ0n) is 21.6. The van der Waals surface area contributed by atoms with Gasteiger partial charge in [-0.2, -0.15) is 10.5 Å². The number of nitrogens with one attached hydrogen (secondary N) is 2. The minimum absolute atomic E-state index is 0.0302. The molecule has 9 heteroatoms. The fourth-order valence-corrected chi connectivity index (χ4v) is 5.81. The average molecular weight is 512 g/mol. The predicted molar refractivity (Wildman–Crippen MR) is 141 cm³/mol. The van der Waals surface area contributed by atoms with E-state index in [1.54, 1.807) is 49.9 Å². The zero-order valence-corrected chi connectivity index (χ0v) is 21.6. The Kier molecular flexibility index (Phi) is 6.32. The summed E-state index contributed by atoms with van der Waals surface area (Å²) in [6.45, 7) is 5.38. The maximum atomic E-state index is 13.4. The Labute approximate surface area is 220 Å². The first-order valence-electron chi connectivity index (χ1n) is 12.8. The van der Waals surface area contributed by atoms with Gasteiger partial charge in [-0.15, -0.1) is 0 Å². The van der Waals surface area contributed by atoms with Crippen LogP contribution in [-0.2, 0) is 16.0 Å². The fraction of sp³-hybridized carbons (Fsp3) is 0.414. The summed E-state index contributed by atoms with van der Waals surface area (Å²) in [6.07, 6.45) is 2.16. The van der Waals surface area contributed by atoms with Gasteiger partial charge >= 0.3 is 6.09 Å². The number of H-pyrrole nitrogens is 1. The summed E-state index contributed by atoms with van der Waals surface area (Å²) in [6, 6.07) is 13.2. The van der Waals surface area contributed by atoms with E-state index in [0.29, 0.717) is 16.5 Å². The molecule has 2 fully saturated rings. The van der Waals surface area contributed by atoms with Gasteiger partial charge in [0.05, 0.1) is 23.2 Å². The number of carbonyl (C=O) groups excluding carboxylic acids is 2. The number of carbonyl (C=O) groups is 2. The maximum absolute atomic E-state index is 13.4. The van der Waals surface area contributed by atoms with Crippen molar-refractivity contribution < 1.29 is 14.3 Å². The van der Waals surface area contributed by atoms with Gasteiger partial charge in [-0.25, -0.2) is 4.79 Å². The lowest BCUT2D eigenvalue weighted by Crippen LogP contribution is -2.55. The van der Waals surface area contributed by atoms with Gasteiger partial charge in [-0.1, -0.05) is 18.2 Å². The van der Waals surface area contributed by atoms with Crippen LogP contribution in [0, 0.1) is 28.6 Å². The number of likely N-dealkylation sites (tertiary alicyclic amines) is 1. The molecular weight excluding hydrogens is 482 g/mol. The average Bonchev–Trinajstić information content (AvgIpc) is 3.49. The number of pyridine rings is 1. The van der Waals surface area contributed by atoms with E-state index in [2.05, 4.69) is 22.4 Å². The molecule has 4 atom stereocenters. The number of rotatable bonds is 4. The van der Waals surface area contributed by atoms with E-state index in [1.807, 2.05) is 12.1 Å². The lowest BCUT2D eigenvalue weighted by Gasteiger charge is -2.35. The molecule has 194 valence electrons. The molecule has 2 aromatic carbocycles. The molecule has 38 heavy (non-hydrogen) atoms. The first kappa shape index (κ1) is 25.3. The molecule has 1 saturated carbocycles. The molecule has 2 bridgehead atoms. The molecule has 1 saturated heterocycles. The van der Waals surface area contributed by atoms with Crippen molar-refractivity contribution in [2.75, 3.05) is 0 Å². The van der Waals surface area contributed by atoms with Gasteiger partial charge in [-0.3, -0.25) is 14.5 Å². The highest BCUT2D eigenvalue weighted by Crippen LogP contribution is 2.43. The minimum atomic E-state index is -0.836. The van der Waals surface area contributed by atoms with Crippen LogP contribution in [0.1, 0.15) is 51.2 Å². The topological polar surface area (TPSA) is 139 Å². The Balaban J connectivity index is 1.36. The van der Waals surface area contributed by atoms with Crippen LogP contribution in [0.15, 0.2) is 41.2 Å². The van der Waals surface area contributed by atoms with Crippen LogP contribution in [0.25, 0.3) is 21.7 Å². The van der Waals surface area contributed by atoms with Crippen molar-refractivity contribution in [2.45, 2.75) is 70.2 Å². The third-order valence-corrected chi connectivity index (χ3v) is 7.39. The minimum Gasteiger partial charge on any atom is -0.444 e. The third-order valence-electron chi connectivity index (χ3n) is 7.39. The molecule has 1 aliphatic carbocycles. The number of nitriles is 2. The van der Waals surface area contributed by atoms with E-state index in [4.69, 9.17) is 10.00 Å². The highest BCUT2D eigenvalue weighted by atomic mass is 16.6. The van der Waals surface area contributed by atoms with Crippen molar-refractivity contribution in [3.63, 3.8) is 0 Å². The number of ether oxygens (including phenoxy) is 1. The Bertz CT molecular complexity index is 1590. The van der Waals surface area contributed by atoms with Crippen molar-refractivity contribution in [3.8, 4) is 12.1 Å². The normalized spacial score (nSPS) is 21.2. The van der Waals surface area contributed by atoms with Crippen molar-refractivity contribution in [1.82, 2.24) is 15.2 Å². The first-order chi connectivity index (χ1) is 18.1. The van der Waals surface area contributed by atoms with Crippen LogP contribution in [0.4, 0.5) is 4.79 Å². The van der Waals surface area contributed by atoms with Crippen LogP contribution in [0.3, 0.4) is 0 Å². The van der Waals surface area contributed by atoms with Gasteiger partial charge in [0.1, 0.15) is 17.7 Å². The summed E-state index contributed by atoms with van der Waals surface area (Å²) >= 11 is 0. The number of piperidine rings is 1. The van der Waals surface area contributed by atoms with E-state index >= 15 is 0 Å². The number of fused-ring (bicyclic) bond motifs is 5. The van der Waals surface area contributed by atoms with Crippen LogP contribution in [-0.4, -0.2) is 45.6 Å². The van der Waals surface area contributed by atoms with Crippen molar-refractivity contribution in [3.05, 3.63) is 57.9 Å². The second-order valence-electron chi connectivity index (χ2n) is 11.2. The van der Waals surface area contributed by atoms with E-state index < -0.39 is 23.8 Å². The molecule has 5 rings (SSSR count). The molecule has 0 radical (unpaired) electrons. The molecular formula is C29H29N5O4. The summed E-state index contributed by atoms with van der Waals surface area (Å²) < 4.78 is 5.57. The van der Waals surface area contributed by atoms with Gasteiger partial charge in [0.25, 0.3) is 5.56 Å². The molecule has 2 amide bonds. The standard InChI is InChI=1S/C29H29N5O4/c1-29(2,3)38-28(37)34-20-7-6-18(13-20)25(34)27(36)32-19(15-31)10-16-4-8-21-22-9-5-17(14-30)12-24(22)33-26(35)23(21)11-16/h4-5,8-9,11-12,18-20,25H,6-7,10,13H2,1-3H3,(H,32,36)(H,33,35). The number of aromatic amines is 1. The number of nitrogens with zero attached hydrogens (tertiary/aromatic N) is 3. The second-order valence-corrected chi connectivity index (χ2v) is 11.2. The number of hydrogen-bond donors (Lipinski definition) is 2. The van der Waals surface area contributed by atoms with Crippen molar-refractivity contribution in [1.29, 1.82) is 10.5 Å². The fourth-order valence-electron chi connectivity index (χ4n) is 5.81. The lowest BCUT2D eigenvalue weighted by molar-refractivity contribution is -0.128. The Morgan fingerprint density at radius 1 is 1.13 bits per heavy atom. The monoisotopic (exact) mass is 511 g/mol. The number of benzene rings is 2. The van der Waals surface area contributed by atoms with Crippen molar-refractivity contribution >= 4 is 33.7 Å². The smallest absolute Gasteiger partial charge is 0.411 e. The first-order valence-corrected chi connectivity index (χ1v) is 12.8. The molecule has 1 aromatic heterocycles. The second kappa shape index (κ2) is 9.50. The highest BCUT2D eigenvalue weighted by molar-refractivity contribution is 6.05. The summed E-state index contributed by atoms with van der Waals surface area (Å²) in [4.78, 5) is 43.4. The molecule has 1 aliphatic heterocycles. The van der Waals surface area contributed by atoms with Gasteiger partial charge in [0.15, 0.2) is 0 Å². The van der Waals surface area contributed by atoms with E-state index in [1.165, 1.54) is 0 Å². The number of aromatic nitrogens is 1. The SMILES string of the molecule is CC(C)(C)OC(=O)N1C2CCC(C2)C1C(=O)NC(C#N)Cc1ccc2c(c1)c(=O)[nH]c1cc(C#N)ccc12.